The van der Waals surface area contributed by atoms with Crippen LogP contribution in [0.25, 0.3) is 0 Å². The van der Waals surface area contributed by atoms with Gasteiger partial charge in [0.1, 0.15) is 0 Å². The fraction of sp³-hybridized carbons (Fsp3) is 0.900. The monoisotopic (exact) mass is 205 g/mol. The third kappa shape index (κ3) is 9.45. The standard InChI is InChI=1S/C10H20FNO2/c1-9(3-4-10(13)14)5-8-12-7-2-6-11/h9,12H,2-8H2,1H3,(H,13,14). The van der Waals surface area contributed by atoms with Gasteiger partial charge in [-0.25, -0.2) is 0 Å². The van der Waals surface area contributed by atoms with E-state index in [0.29, 0.717) is 18.9 Å². The van der Waals surface area contributed by atoms with Gasteiger partial charge < -0.3 is 10.4 Å². The number of carbonyl (C=O) groups is 1. The molecule has 0 saturated carbocycles. The predicted octanol–water partition coefficient (Wildman–Crippen LogP) is 1.83. The Morgan fingerprint density at radius 2 is 2.14 bits per heavy atom. The van der Waals surface area contributed by atoms with Crippen molar-refractivity contribution in [2.75, 3.05) is 19.8 Å². The van der Waals surface area contributed by atoms with Crippen LogP contribution in [0.2, 0.25) is 0 Å². The average Bonchev–Trinajstić information content (AvgIpc) is 2.14. The quantitative estimate of drug-likeness (QED) is 0.564. The fourth-order valence-electron chi connectivity index (χ4n) is 1.18. The van der Waals surface area contributed by atoms with E-state index >= 15 is 0 Å². The number of rotatable bonds is 9. The molecule has 1 atom stereocenters. The molecule has 0 saturated heterocycles. The number of hydrogen-bond acceptors (Lipinski definition) is 2. The molecule has 4 heteroatoms. The van der Waals surface area contributed by atoms with Gasteiger partial charge >= 0.3 is 5.97 Å². The molecule has 0 aliphatic carbocycles. The number of halogens is 1. The van der Waals surface area contributed by atoms with E-state index in [0.717, 1.165) is 19.4 Å². The Morgan fingerprint density at radius 3 is 2.71 bits per heavy atom. The number of hydrogen-bond donors (Lipinski definition) is 2. The molecular weight excluding hydrogens is 185 g/mol. The van der Waals surface area contributed by atoms with Gasteiger partial charge in [0.25, 0.3) is 0 Å². The fourth-order valence-corrected chi connectivity index (χ4v) is 1.18. The molecule has 0 fully saturated rings. The zero-order valence-electron chi connectivity index (χ0n) is 8.76. The molecule has 2 N–H and O–H groups in total. The third-order valence-corrected chi connectivity index (χ3v) is 2.15. The highest BCUT2D eigenvalue weighted by Crippen LogP contribution is 2.08. The molecule has 0 aromatic rings. The summed E-state index contributed by atoms with van der Waals surface area (Å²) in [6.07, 6.45) is 2.48. The Morgan fingerprint density at radius 1 is 1.43 bits per heavy atom. The molecule has 0 aliphatic heterocycles. The zero-order chi connectivity index (χ0) is 10.8. The van der Waals surface area contributed by atoms with E-state index in [9.17, 15) is 9.18 Å². The molecule has 84 valence electrons. The van der Waals surface area contributed by atoms with Crippen LogP contribution in [-0.2, 0) is 4.79 Å². The maximum atomic E-state index is 11.7. The molecule has 1 unspecified atom stereocenters. The average molecular weight is 205 g/mol. The first-order valence-corrected chi connectivity index (χ1v) is 5.15. The highest BCUT2D eigenvalue weighted by Gasteiger charge is 2.04. The smallest absolute Gasteiger partial charge is 0.303 e. The summed E-state index contributed by atoms with van der Waals surface area (Å²) in [5.74, 6) is -0.314. The summed E-state index contributed by atoms with van der Waals surface area (Å²) in [5.41, 5.74) is 0. The Labute approximate surface area is 84.7 Å². The topological polar surface area (TPSA) is 49.3 Å². The molecule has 0 radical (unpaired) electrons. The minimum absolute atomic E-state index is 0.242. The van der Waals surface area contributed by atoms with Crippen molar-refractivity contribution in [1.82, 2.24) is 5.32 Å². The van der Waals surface area contributed by atoms with E-state index in [4.69, 9.17) is 5.11 Å². The number of alkyl halides is 1. The van der Waals surface area contributed by atoms with Gasteiger partial charge in [0.05, 0.1) is 6.67 Å². The van der Waals surface area contributed by atoms with Gasteiger partial charge in [-0.15, -0.1) is 0 Å². The molecule has 0 aromatic carbocycles. The van der Waals surface area contributed by atoms with E-state index in [1.54, 1.807) is 0 Å². The van der Waals surface area contributed by atoms with Crippen LogP contribution < -0.4 is 5.32 Å². The van der Waals surface area contributed by atoms with E-state index in [2.05, 4.69) is 5.32 Å². The molecule has 3 nitrogen and oxygen atoms in total. The van der Waals surface area contributed by atoms with Crippen LogP contribution in [0.4, 0.5) is 4.39 Å². The lowest BCUT2D eigenvalue weighted by atomic mass is 10.0. The van der Waals surface area contributed by atoms with Crippen molar-refractivity contribution < 1.29 is 14.3 Å². The predicted molar refractivity (Wildman–Crippen MR) is 54.1 cm³/mol. The SMILES string of the molecule is CC(CCNCCCF)CCC(=O)O. The van der Waals surface area contributed by atoms with Crippen LogP contribution in [-0.4, -0.2) is 30.8 Å². The van der Waals surface area contributed by atoms with E-state index in [-0.39, 0.29) is 13.1 Å². The van der Waals surface area contributed by atoms with Crippen molar-refractivity contribution in [3.63, 3.8) is 0 Å². The maximum absolute atomic E-state index is 11.7. The Bertz CT molecular complexity index is 153. The van der Waals surface area contributed by atoms with Crippen LogP contribution >= 0.6 is 0 Å². The van der Waals surface area contributed by atoms with Crippen LogP contribution in [0.3, 0.4) is 0 Å². The summed E-state index contributed by atoms with van der Waals surface area (Å²) in [7, 11) is 0. The lowest BCUT2D eigenvalue weighted by Crippen LogP contribution is -2.19. The molecule has 0 spiro atoms. The number of carboxylic acid groups (broad SMARTS) is 1. The highest BCUT2D eigenvalue weighted by molar-refractivity contribution is 5.66. The first kappa shape index (κ1) is 13.4. The van der Waals surface area contributed by atoms with Crippen molar-refractivity contribution in [3.05, 3.63) is 0 Å². The Hall–Kier alpha value is -0.640. The first-order chi connectivity index (χ1) is 6.66. The minimum Gasteiger partial charge on any atom is -0.481 e. The van der Waals surface area contributed by atoms with Gasteiger partial charge in [-0.2, -0.15) is 0 Å². The van der Waals surface area contributed by atoms with Crippen LogP contribution in [0.5, 0.6) is 0 Å². The van der Waals surface area contributed by atoms with Crippen molar-refractivity contribution in [2.24, 2.45) is 5.92 Å². The summed E-state index contributed by atoms with van der Waals surface area (Å²) in [6, 6.07) is 0. The molecule has 0 heterocycles. The van der Waals surface area contributed by atoms with E-state index in [1.807, 2.05) is 6.92 Å². The Kier molecular flexibility index (Phi) is 8.53. The molecule has 0 bridgehead atoms. The van der Waals surface area contributed by atoms with Crippen LogP contribution in [0, 0.1) is 5.92 Å². The van der Waals surface area contributed by atoms with Crippen LogP contribution in [0.15, 0.2) is 0 Å². The lowest BCUT2D eigenvalue weighted by Gasteiger charge is -2.09. The number of nitrogens with one attached hydrogen (secondary N) is 1. The third-order valence-electron chi connectivity index (χ3n) is 2.15. The molecule has 0 rings (SSSR count). The second-order valence-corrected chi connectivity index (χ2v) is 3.62. The lowest BCUT2D eigenvalue weighted by molar-refractivity contribution is -0.137. The van der Waals surface area contributed by atoms with E-state index < -0.39 is 5.97 Å². The van der Waals surface area contributed by atoms with Gasteiger partial charge in [0.15, 0.2) is 0 Å². The Balaban J connectivity index is 3.18. The summed E-state index contributed by atoms with van der Waals surface area (Å²) in [4.78, 5) is 10.3. The van der Waals surface area contributed by atoms with Crippen molar-refractivity contribution in [2.45, 2.75) is 32.6 Å². The van der Waals surface area contributed by atoms with Crippen molar-refractivity contribution in [1.29, 1.82) is 0 Å². The highest BCUT2D eigenvalue weighted by atomic mass is 19.1. The normalized spacial score (nSPS) is 12.7. The minimum atomic E-state index is -0.734. The molecular formula is C10H20FNO2. The molecule has 14 heavy (non-hydrogen) atoms. The van der Waals surface area contributed by atoms with Crippen LogP contribution in [0.1, 0.15) is 32.6 Å². The van der Waals surface area contributed by atoms with E-state index in [1.165, 1.54) is 0 Å². The molecule has 0 aliphatic rings. The summed E-state index contributed by atoms with van der Waals surface area (Å²) < 4.78 is 11.7. The molecule has 0 amide bonds. The first-order valence-electron chi connectivity index (χ1n) is 5.15. The largest absolute Gasteiger partial charge is 0.481 e. The second kappa shape index (κ2) is 8.94. The second-order valence-electron chi connectivity index (χ2n) is 3.62. The summed E-state index contributed by atoms with van der Waals surface area (Å²) >= 11 is 0. The summed E-state index contributed by atoms with van der Waals surface area (Å²) in [6.45, 7) is 3.32. The van der Waals surface area contributed by atoms with Crippen molar-refractivity contribution >= 4 is 5.97 Å². The van der Waals surface area contributed by atoms with Gasteiger partial charge in [-0.1, -0.05) is 6.92 Å². The summed E-state index contributed by atoms with van der Waals surface area (Å²) in [5, 5.41) is 11.6. The van der Waals surface area contributed by atoms with Gasteiger partial charge in [0.2, 0.25) is 0 Å². The number of carboxylic acids is 1. The van der Waals surface area contributed by atoms with Gasteiger partial charge in [0, 0.05) is 6.42 Å². The van der Waals surface area contributed by atoms with Gasteiger partial charge in [-0.3, -0.25) is 9.18 Å². The number of aliphatic carboxylic acids is 1. The zero-order valence-corrected chi connectivity index (χ0v) is 8.76. The molecule has 0 aromatic heterocycles. The van der Waals surface area contributed by atoms with Crippen molar-refractivity contribution in [3.8, 4) is 0 Å². The van der Waals surface area contributed by atoms with Gasteiger partial charge in [-0.05, 0) is 38.3 Å². The maximum Gasteiger partial charge on any atom is 0.303 e.